The van der Waals surface area contributed by atoms with Crippen LogP contribution in [0.1, 0.15) is 25.3 Å². The van der Waals surface area contributed by atoms with Crippen molar-refractivity contribution in [2.24, 2.45) is 5.92 Å². The highest BCUT2D eigenvalue weighted by molar-refractivity contribution is 7.88. The van der Waals surface area contributed by atoms with Gasteiger partial charge < -0.3 is 4.90 Å². The van der Waals surface area contributed by atoms with Gasteiger partial charge in [-0.25, -0.2) is 12.7 Å². The van der Waals surface area contributed by atoms with Crippen molar-refractivity contribution < 1.29 is 13.2 Å². The Morgan fingerprint density at radius 3 is 2.73 bits per heavy atom. The molecule has 3 rings (SSSR count). The van der Waals surface area contributed by atoms with Crippen molar-refractivity contribution in [3.63, 3.8) is 0 Å². The molecule has 1 aromatic rings. The van der Waals surface area contributed by atoms with Gasteiger partial charge in [0.2, 0.25) is 15.9 Å². The summed E-state index contributed by atoms with van der Waals surface area (Å²) in [4.78, 5) is 14.8. The molecule has 0 saturated carbocycles. The molecule has 0 spiro atoms. The molecule has 0 aliphatic carbocycles. The fourth-order valence-electron chi connectivity index (χ4n) is 3.54. The molecule has 2 aliphatic rings. The number of piperidine rings is 1. The van der Waals surface area contributed by atoms with Gasteiger partial charge in [-0.15, -0.1) is 0 Å². The predicted molar refractivity (Wildman–Crippen MR) is 86.2 cm³/mol. The van der Waals surface area contributed by atoms with Crippen LogP contribution in [0.15, 0.2) is 24.3 Å². The third-order valence-corrected chi connectivity index (χ3v) is 5.92. The average molecular weight is 322 g/mol. The molecular weight excluding hydrogens is 300 g/mol. The molecule has 2 aliphatic heterocycles. The van der Waals surface area contributed by atoms with Crippen LogP contribution in [0.5, 0.6) is 0 Å². The molecule has 1 aromatic carbocycles. The summed E-state index contributed by atoms with van der Waals surface area (Å²) in [7, 11) is -3.23. The van der Waals surface area contributed by atoms with E-state index >= 15 is 0 Å². The van der Waals surface area contributed by atoms with E-state index in [2.05, 4.69) is 13.0 Å². The molecule has 2 heterocycles. The number of hydrogen-bond donors (Lipinski definition) is 0. The van der Waals surface area contributed by atoms with E-state index in [1.165, 1.54) is 16.1 Å². The summed E-state index contributed by atoms with van der Waals surface area (Å²) in [6, 6.07) is 8.11. The van der Waals surface area contributed by atoms with Crippen molar-refractivity contribution >= 4 is 21.6 Å². The second-order valence-corrected chi connectivity index (χ2v) is 8.33. The number of nitrogens with zero attached hydrogens (tertiary/aromatic N) is 2. The number of fused-ring (bicyclic) bond motifs is 1. The van der Waals surface area contributed by atoms with Crippen LogP contribution in [0.4, 0.5) is 5.69 Å². The van der Waals surface area contributed by atoms with Crippen molar-refractivity contribution in [2.45, 2.75) is 32.2 Å². The highest BCUT2D eigenvalue weighted by Crippen LogP contribution is 2.34. The normalized spacial score (nSPS) is 26.0. The lowest BCUT2D eigenvalue weighted by Gasteiger charge is -2.34. The van der Waals surface area contributed by atoms with Gasteiger partial charge in [-0.05, 0) is 37.8 Å². The standard InChI is InChI=1S/C16H22N2O3S/c1-12-10-13-6-3-4-8-15(13)18(12)16(19)14-7-5-9-17(11-14)22(2,20)21/h3-4,6,8,12,14H,5,7,9-11H2,1-2H3/t12-,14-/m0/s1. The second kappa shape index (κ2) is 5.66. The number of amides is 1. The molecule has 2 atom stereocenters. The summed E-state index contributed by atoms with van der Waals surface area (Å²) in [5.41, 5.74) is 2.18. The van der Waals surface area contributed by atoms with Crippen LogP contribution in [0, 0.1) is 5.92 Å². The molecule has 22 heavy (non-hydrogen) atoms. The Labute approximate surface area is 132 Å². The predicted octanol–water partition coefficient (Wildman–Crippen LogP) is 1.64. The van der Waals surface area contributed by atoms with E-state index < -0.39 is 10.0 Å². The Balaban J connectivity index is 1.82. The topological polar surface area (TPSA) is 57.7 Å². The molecule has 1 amide bonds. The number of carbonyl (C=O) groups excluding carboxylic acids is 1. The maximum atomic E-state index is 13.0. The molecule has 0 unspecified atom stereocenters. The van der Waals surface area contributed by atoms with Gasteiger partial charge >= 0.3 is 0 Å². The molecular formula is C16H22N2O3S. The largest absolute Gasteiger partial charge is 0.309 e. The van der Waals surface area contributed by atoms with Gasteiger partial charge in [-0.1, -0.05) is 18.2 Å². The van der Waals surface area contributed by atoms with Crippen molar-refractivity contribution in [3.05, 3.63) is 29.8 Å². The van der Waals surface area contributed by atoms with Gasteiger partial charge in [0.25, 0.3) is 0 Å². The second-order valence-electron chi connectivity index (χ2n) is 6.35. The summed E-state index contributed by atoms with van der Waals surface area (Å²) in [5, 5.41) is 0. The number of hydrogen-bond acceptors (Lipinski definition) is 3. The summed E-state index contributed by atoms with van der Waals surface area (Å²) in [6.45, 7) is 2.88. The van der Waals surface area contributed by atoms with Gasteiger partial charge in [0.1, 0.15) is 0 Å². The Morgan fingerprint density at radius 2 is 2.00 bits per heavy atom. The Bertz CT molecular complexity index is 686. The minimum absolute atomic E-state index is 0.0609. The number of para-hydroxylation sites is 1. The monoisotopic (exact) mass is 322 g/mol. The van der Waals surface area contributed by atoms with E-state index in [4.69, 9.17) is 0 Å². The van der Waals surface area contributed by atoms with E-state index in [-0.39, 0.29) is 17.9 Å². The van der Waals surface area contributed by atoms with Crippen LogP contribution in [0.3, 0.4) is 0 Å². The van der Waals surface area contributed by atoms with Crippen LogP contribution in [-0.4, -0.2) is 44.0 Å². The van der Waals surface area contributed by atoms with Crippen LogP contribution in [0.2, 0.25) is 0 Å². The van der Waals surface area contributed by atoms with Crippen LogP contribution >= 0.6 is 0 Å². The van der Waals surface area contributed by atoms with Crippen molar-refractivity contribution in [2.75, 3.05) is 24.2 Å². The zero-order valence-electron chi connectivity index (χ0n) is 13.0. The number of rotatable bonds is 2. The Hall–Kier alpha value is -1.40. The quantitative estimate of drug-likeness (QED) is 0.832. The maximum Gasteiger partial charge on any atom is 0.231 e. The molecule has 1 fully saturated rings. The van der Waals surface area contributed by atoms with Crippen molar-refractivity contribution in [1.82, 2.24) is 4.31 Å². The first-order chi connectivity index (χ1) is 10.4. The molecule has 1 saturated heterocycles. The maximum absolute atomic E-state index is 13.0. The number of carbonyl (C=O) groups is 1. The van der Waals surface area contributed by atoms with Gasteiger partial charge in [0.15, 0.2) is 0 Å². The van der Waals surface area contributed by atoms with E-state index in [0.717, 1.165) is 24.9 Å². The number of sulfonamides is 1. The molecule has 0 aromatic heterocycles. The SMILES string of the molecule is C[C@H]1Cc2ccccc2N1C(=O)[C@H]1CCCN(S(C)(=O)=O)C1. The van der Waals surface area contributed by atoms with Crippen LogP contribution in [-0.2, 0) is 21.2 Å². The van der Waals surface area contributed by atoms with Crippen LogP contribution < -0.4 is 4.90 Å². The average Bonchev–Trinajstić information content (AvgIpc) is 2.81. The fourth-order valence-corrected chi connectivity index (χ4v) is 4.45. The third-order valence-electron chi connectivity index (χ3n) is 4.65. The van der Waals surface area contributed by atoms with Crippen molar-refractivity contribution in [1.29, 1.82) is 0 Å². The molecule has 0 N–H and O–H groups in total. The number of benzene rings is 1. The van der Waals surface area contributed by atoms with Gasteiger partial charge in [-0.2, -0.15) is 0 Å². The van der Waals surface area contributed by atoms with Gasteiger partial charge in [0, 0.05) is 24.8 Å². The van der Waals surface area contributed by atoms with E-state index in [0.29, 0.717) is 13.1 Å². The van der Waals surface area contributed by atoms with Crippen LogP contribution in [0.25, 0.3) is 0 Å². The first-order valence-corrected chi connectivity index (χ1v) is 9.59. The lowest BCUT2D eigenvalue weighted by atomic mass is 9.97. The zero-order valence-corrected chi connectivity index (χ0v) is 13.8. The summed E-state index contributed by atoms with van der Waals surface area (Å²) in [6.07, 6.45) is 3.58. The Morgan fingerprint density at radius 1 is 1.27 bits per heavy atom. The third kappa shape index (κ3) is 2.77. The minimum atomic E-state index is -3.23. The van der Waals surface area contributed by atoms with Gasteiger partial charge in [-0.3, -0.25) is 4.79 Å². The van der Waals surface area contributed by atoms with Gasteiger partial charge in [0.05, 0.1) is 12.2 Å². The first kappa shape index (κ1) is 15.5. The Kier molecular flexibility index (Phi) is 3.99. The molecule has 0 bridgehead atoms. The highest BCUT2D eigenvalue weighted by atomic mass is 32.2. The summed E-state index contributed by atoms with van der Waals surface area (Å²) >= 11 is 0. The summed E-state index contributed by atoms with van der Waals surface area (Å²) < 4.78 is 24.9. The molecule has 5 nitrogen and oxygen atoms in total. The van der Waals surface area contributed by atoms with Crippen molar-refractivity contribution in [3.8, 4) is 0 Å². The minimum Gasteiger partial charge on any atom is -0.309 e. The molecule has 6 heteroatoms. The molecule has 0 radical (unpaired) electrons. The lowest BCUT2D eigenvalue weighted by molar-refractivity contribution is -0.123. The van der Waals surface area contributed by atoms with E-state index in [1.807, 2.05) is 23.1 Å². The van der Waals surface area contributed by atoms with E-state index in [1.54, 1.807) is 0 Å². The zero-order chi connectivity index (χ0) is 15.9. The first-order valence-electron chi connectivity index (χ1n) is 7.74. The highest BCUT2D eigenvalue weighted by Gasteiger charge is 2.37. The number of anilines is 1. The van der Waals surface area contributed by atoms with E-state index in [9.17, 15) is 13.2 Å². The summed E-state index contributed by atoms with van der Waals surface area (Å²) in [5.74, 6) is -0.178. The smallest absolute Gasteiger partial charge is 0.231 e. The molecule has 120 valence electrons. The fraction of sp³-hybridized carbons (Fsp3) is 0.562. The lowest BCUT2D eigenvalue weighted by Crippen LogP contribution is -2.48.